The van der Waals surface area contributed by atoms with Gasteiger partial charge in [0.15, 0.2) is 0 Å². The number of piperazine rings is 1. The molecule has 1 aliphatic rings. The van der Waals surface area contributed by atoms with E-state index in [9.17, 15) is 4.79 Å². The predicted octanol–water partition coefficient (Wildman–Crippen LogP) is 4.07. The molecular formula is C25H28N4O2. The van der Waals surface area contributed by atoms with E-state index in [1.807, 2.05) is 49.4 Å². The van der Waals surface area contributed by atoms with Crippen LogP contribution in [-0.2, 0) is 0 Å². The number of hydrogen-bond donors (Lipinski definition) is 1. The van der Waals surface area contributed by atoms with Crippen molar-refractivity contribution in [1.82, 2.24) is 9.88 Å². The Morgan fingerprint density at radius 2 is 1.84 bits per heavy atom. The maximum Gasteiger partial charge on any atom is 0.255 e. The Labute approximate surface area is 187 Å². The van der Waals surface area contributed by atoms with Gasteiger partial charge < -0.3 is 19.9 Å². The SMILES string of the molecule is [3H]C([3H])([3H])N1CCN(c2cc(NC(=O)c3ccc(-c4ccncc4)c(C)c3)ccc2OC)CC1. The molecule has 0 unspecified atom stereocenters. The van der Waals surface area contributed by atoms with Gasteiger partial charge in [-0.25, -0.2) is 0 Å². The molecule has 1 amide bonds. The number of methoxy groups -OCH3 is 1. The third-order valence-electron chi connectivity index (χ3n) is 5.54. The van der Waals surface area contributed by atoms with E-state index >= 15 is 0 Å². The van der Waals surface area contributed by atoms with E-state index in [-0.39, 0.29) is 5.91 Å². The number of anilines is 2. The number of hydrogen-bond acceptors (Lipinski definition) is 5. The first-order valence-electron chi connectivity index (χ1n) is 11.8. The van der Waals surface area contributed by atoms with Crippen LogP contribution in [0.25, 0.3) is 11.1 Å². The van der Waals surface area contributed by atoms with Crippen LogP contribution < -0.4 is 15.0 Å². The van der Waals surface area contributed by atoms with Crippen LogP contribution in [0.4, 0.5) is 11.4 Å². The molecule has 1 aliphatic heterocycles. The molecule has 0 atom stereocenters. The fourth-order valence-electron chi connectivity index (χ4n) is 3.83. The second-order valence-corrected chi connectivity index (χ2v) is 7.58. The van der Waals surface area contributed by atoms with E-state index in [1.165, 1.54) is 4.90 Å². The zero-order valence-electron chi connectivity index (χ0n) is 20.8. The highest BCUT2D eigenvalue weighted by Crippen LogP contribution is 2.32. The number of carbonyl (C=O) groups excluding carboxylic acids is 1. The molecule has 6 heteroatoms. The number of amides is 1. The first kappa shape index (κ1) is 17.3. The monoisotopic (exact) mass is 422 g/mol. The zero-order chi connectivity index (χ0) is 24.3. The number of pyridine rings is 1. The molecule has 1 fully saturated rings. The maximum absolute atomic E-state index is 13.0. The Bertz CT molecular complexity index is 1160. The first-order valence-corrected chi connectivity index (χ1v) is 10.3. The summed E-state index contributed by atoms with van der Waals surface area (Å²) in [4.78, 5) is 20.6. The molecule has 2 heterocycles. The van der Waals surface area contributed by atoms with Crippen LogP contribution in [0.2, 0.25) is 0 Å². The summed E-state index contributed by atoms with van der Waals surface area (Å²) >= 11 is 0. The van der Waals surface area contributed by atoms with Crippen molar-refractivity contribution in [3.05, 3.63) is 72.1 Å². The van der Waals surface area contributed by atoms with Gasteiger partial charge in [-0.15, -0.1) is 0 Å². The fourth-order valence-corrected chi connectivity index (χ4v) is 3.83. The molecule has 0 spiro atoms. The molecule has 0 aliphatic carbocycles. The minimum atomic E-state index is -2.09. The average molecular weight is 423 g/mol. The molecule has 31 heavy (non-hydrogen) atoms. The molecule has 160 valence electrons. The van der Waals surface area contributed by atoms with Gasteiger partial charge in [0.2, 0.25) is 0 Å². The van der Waals surface area contributed by atoms with Crippen molar-refractivity contribution >= 4 is 17.3 Å². The maximum atomic E-state index is 13.0. The standard InChI is InChI=1S/C25H28N4O2/c1-18-16-20(4-6-22(18)19-8-10-26-11-9-19)25(30)27-21-5-7-24(31-3)23(17-21)29-14-12-28(2)13-15-29/h4-11,16-17H,12-15H2,1-3H3,(H,27,30)/i2T3. The highest BCUT2D eigenvalue weighted by molar-refractivity contribution is 6.05. The quantitative estimate of drug-likeness (QED) is 0.672. The van der Waals surface area contributed by atoms with Gasteiger partial charge in [0.1, 0.15) is 5.75 Å². The summed E-state index contributed by atoms with van der Waals surface area (Å²) < 4.78 is 28.4. The molecule has 1 saturated heterocycles. The number of aryl methyl sites for hydroxylation is 1. The molecular weight excluding hydrogens is 388 g/mol. The summed E-state index contributed by atoms with van der Waals surface area (Å²) in [6, 6.07) is 15.0. The number of aromatic nitrogens is 1. The second-order valence-electron chi connectivity index (χ2n) is 7.58. The van der Waals surface area contributed by atoms with Crippen molar-refractivity contribution < 1.29 is 13.6 Å². The van der Waals surface area contributed by atoms with Gasteiger partial charge in [-0.2, -0.15) is 0 Å². The summed E-state index contributed by atoms with van der Waals surface area (Å²) in [5.74, 6) is 0.477. The summed E-state index contributed by atoms with van der Waals surface area (Å²) in [5.41, 5.74) is 5.16. The molecule has 0 radical (unpaired) electrons. The van der Waals surface area contributed by atoms with E-state index in [0.29, 0.717) is 43.2 Å². The first-order chi connectivity index (χ1) is 16.3. The Morgan fingerprint density at radius 3 is 2.52 bits per heavy atom. The fraction of sp³-hybridized carbons (Fsp3) is 0.280. The number of nitrogens with one attached hydrogen (secondary N) is 1. The lowest BCUT2D eigenvalue weighted by atomic mass is 9.99. The molecule has 3 aromatic rings. The van der Waals surface area contributed by atoms with Crippen LogP contribution in [0.5, 0.6) is 5.75 Å². The molecule has 6 nitrogen and oxygen atoms in total. The second kappa shape index (κ2) is 9.18. The normalized spacial score (nSPS) is 16.2. The summed E-state index contributed by atoms with van der Waals surface area (Å²) in [5, 5.41) is 2.98. The van der Waals surface area contributed by atoms with E-state index in [2.05, 4.69) is 15.2 Å². The van der Waals surface area contributed by atoms with Crippen LogP contribution in [0.3, 0.4) is 0 Å². The van der Waals surface area contributed by atoms with Crippen molar-refractivity contribution in [2.45, 2.75) is 6.92 Å². The van der Waals surface area contributed by atoms with Gasteiger partial charge in [-0.1, -0.05) is 6.07 Å². The summed E-state index contributed by atoms with van der Waals surface area (Å²) in [6.45, 7) is 1.87. The van der Waals surface area contributed by atoms with E-state index < -0.39 is 6.98 Å². The molecule has 2 aromatic carbocycles. The van der Waals surface area contributed by atoms with Crippen LogP contribution in [0, 0.1) is 6.92 Å². The molecule has 0 bridgehead atoms. The smallest absolute Gasteiger partial charge is 0.255 e. The topological polar surface area (TPSA) is 57.7 Å². The van der Waals surface area contributed by atoms with Crippen molar-refractivity contribution in [3.8, 4) is 16.9 Å². The third kappa shape index (κ3) is 4.70. The van der Waals surface area contributed by atoms with Crippen molar-refractivity contribution in [2.24, 2.45) is 0 Å². The molecule has 0 saturated carbocycles. The van der Waals surface area contributed by atoms with Gasteiger partial charge in [0.25, 0.3) is 5.91 Å². The number of benzene rings is 2. The van der Waals surface area contributed by atoms with Crippen LogP contribution in [-0.4, -0.2) is 56.1 Å². The molecule has 1 N–H and O–H groups in total. The third-order valence-corrected chi connectivity index (χ3v) is 5.54. The number of carbonyl (C=O) groups is 1. The average Bonchev–Trinajstić information content (AvgIpc) is 2.84. The number of likely N-dealkylation sites (N-methyl/N-ethyl adjacent to an activating group) is 1. The molecule has 4 rings (SSSR count). The Hall–Kier alpha value is -3.38. The minimum absolute atomic E-state index is 0.201. The number of nitrogens with zero attached hydrogens (tertiary/aromatic N) is 3. The van der Waals surface area contributed by atoms with E-state index in [0.717, 1.165) is 22.4 Å². The predicted molar refractivity (Wildman–Crippen MR) is 125 cm³/mol. The van der Waals surface area contributed by atoms with E-state index in [4.69, 9.17) is 8.85 Å². The highest BCUT2D eigenvalue weighted by atomic mass is 16.5. The lowest BCUT2D eigenvalue weighted by Gasteiger charge is -2.35. The van der Waals surface area contributed by atoms with Crippen molar-refractivity contribution in [2.75, 3.05) is 50.5 Å². The van der Waals surface area contributed by atoms with Crippen LogP contribution >= 0.6 is 0 Å². The van der Waals surface area contributed by atoms with Gasteiger partial charge in [0.05, 0.1) is 12.8 Å². The van der Waals surface area contributed by atoms with Crippen molar-refractivity contribution in [3.63, 3.8) is 0 Å². The Kier molecular flexibility index (Phi) is 5.13. The Balaban J connectivity index is 1.50. The minimum Gasteiger partial charge on any atom is -0.495 e. The van der Waals surface area contributed by atoms with Crippen LogP contribution in [0.15, 0.2) is 60.9 Å². The lowest BCUT2D eigenvalue weighted by Crippen LogP contribution is -2.44. The number of ether oxygens (including phenoxy) is 1. The van der Waals surface area contributed by atoms with Gasteiger partial charge in [-0.05, 0) is 73.1 Å². The number of rotatable bonds is 5. The van der Waals surface area contributed by atoms with Gasteiger partial charge >= 0.3 is 0 Å². The highest BCUT2D eigenvalue weighted by Gasteiger charge is 2.19. The van der Waals surface area contributed by atoms with Gasteiger partial charge in [0, 0.05) is 53.9 Å². The van der Waals surface area contributed by atoms with Gasteiger partial charge in [-0.3, -0.25) is 9.78 Å². The van der Waals surface area contributed by atoms with E-state index in [1.54, 1.807) is 25.6 Å². The lowest BCUT2D eigenvalue weighted by molar-refractivity contribution is 0.102. The van der Waals surface area contributed by atoms with Crippen LogP contribution in [0.1, 0.15) is 20.0 Å². The molecule has 1 aromatic heterocycles. The largest absolute Gasteiger partial charge is 0.495 e. The Morgan fingerprint density at radius 1 is 1.06 bits per heavy atom. The summed E-state index contributed by atoms with van der Waals surface area (Å²) in [7, 11) is 1.60. The zero-order valence-corrected chi connectivity index (χ0v) is 17.8. The summed E-state index contributed by atoms with van der Waals surface area (Å²) in [6.07, 6.45) is 3.50. The van der Waals surface area contributed by atoms with Crippen molar-refractivity contribution in [1.29, 1.82) is 0 Å².